The maximum atomic E-state index is 4.06. The average Bonchev–Trinajstić information content (AvgIpc) is 1.88. The second kappa shape index (κ2) is 3.52. The topological polar surface area (TPSA) is 12.0 Å². The number of hydrogen-bond donors (Lipinski definition) is 2. The highest BCUT2D eigenvalue weighted by molar-refractivity contribution is 7.80. The average molecular weight is 153 g/mol. The van der Waals surface area contributed by atoms with Crippen LogP contribution in [0, 0.1) is 6.92 Å². The van der Waals surface area contributed by atoms with Crippen molar-refractivity contribution in [2.75, 3.05) is 11.2 Å². The molecule has 1 aromatic carbocycles. The van der Waals surface area contributed by atoms with Crippen molar-refractivity contribution in [1.82, 2.24) is 0 Å². The molecule has 1 aromatic rings. The number of rotatable bonds is 2. The fourth-order valence-electron chi connectivity index (χ4n) is 0.846. The summed E-state index contributed by atoms with van der Waals surface area (Å²) >= 11 is 4.06. The summed E-state index contributed by atoms with van der Waals surface area (Å²) in [5.74, 6) is 0.684. The lowest BCUT2D eigenvalue weighted by atomic mass is 10.2. The van der Waals surface area contributed by atoms with Crippen LogP contribution in [0.3, 0.4) is 0 Å². The van der Waals surface area contributed by atoms with E-state index in [0.29, 0.717) is 5.88 Å². The Kier molecular flexibility index (Phi) is 2.63. The van der Waals surface area contributed by atoms with E-state index >= 15 is 0 Å². The van der Waals surface area contributed by atoms with Gasteiger partial charge < -0.3 is 5.32 Å². The van der Waals surface area contributed by atoms with Gasteiger partial charge in [-0.05, 0) is 24.6 Å². The summed E-state index contributed by atoms with van der Waals surface area (Å²) < 4.78 is 0. The SMILES string of the molecule is Cc1cccc(NCS)c1. The third kappa shape index (κ3) is 1.95. The molecular formula is C8H11NS. The summed E-state index contributed by atoms with van der Waals surface area (Å²) in [4.78, 5) is 0. The molecule has 0 bridgehead atoms. The van der Waals surface area contributed by atoms with Crippen molar-refractivity contribution in [3.05, 3.63) is 29.8 Å². The van der Waals surface area contributed by atoms with E-state index in [0.717, 1.165) is 5.69 Å². The third-order valence-corrected chi connectivity index (χ3v) is 1.46. The summed E-state index contributed by atoms with van der Waals surface area (Å²) in [6, 6.07) is 8.23. The minimum atomic E-state index is 0.684. The van der Waals surface area contributed by atoms with Gasteiger partial charge >= 0.3 is 0 Å². The maximum absolute atomic E-state index is 4.06. The quantitative estimate of drug-likeness (QED) is 0.490. The zero-order valence-corrected chi connectivity index (χ0v) is 6.86. The standard InChI is InChI=1S/C8H11NS/c1-7-3-2-4-8(5-7)9-6-10/h2-5,9-10H,6H2,1H3. The van der Waals surface area contributed by atoms with E-state index < -0.39 is 0 Å². The minimum Gasteiger partial charge on any atom is -0.376 e. The normalized spacial score (nSPS) is 9.40. The smallest absolute Gasteiger partial charge is 0.0581 e. The van der Waals surface area contributed by atoms with Crippen LogP contribution in [0.25, 0.3) is 0 Å². The largest absolute Gasteiger partial charge is 0.376 e. The molecule has 1 rings (SSSR count). The van der Waals surface area contributed by atoms with Crippen LogP contribution in [0.4, 0.5) is 5.69 Å². The van der Waals surface area contributed by atoms with E-state index in [9.17, 15) is 0 Å². The zero-order valence-electron chi connectivity index (χ0n) is 5.96. The van der Waals surface area contributed by atoms with Crippen molar-refractivity contribution in [3.63, 3.8) is 0 Å². The second-order valence-electron chi connectivity index (χ2n) is 2.20. The Morgan fingerprint density at radius 3 is 2.90 bits per heavy atom. The van der Waals surface area contributed by atoms with Crippen LogP contribution in [-0.4, -0.2) is 5.88 Å². The lowest BCUT2D eigenvalue weighted by molar-refractivity contribution is 1.41. The molecule has 0 radical (unpaired) electrons. The van der Waals surface area contributed by atoms with Crippen molar-refractivity contribution in [2.45, 2.75) is 6.92 Å². The number of aryl methyl sites for hydroxylation is 1. The molecular weight excluding hydrogens is 142 g/mol. The molecule has 0 spiro atoms. The van der Waals surface area contributed by atoms with Crippen LogP contribution in [0.1, 0.15) is 5.56 Å². The van der Waals surface area contributed by atoms with Crippen LogP contribution in [0.2, 0.25) is 0 Å². The van der Waals surface area contributed by atoms with Gasteiger partial charge in [0.25, 0.3) is 0 Å². The monoisotopic (exact) mass is 153 g/mol. The van der Waals surface area contributed by atoms with E-state index in [1.165, 1.54) is 5.56 Å². The number of nitrogens with one attached hydrogen (secondary N) is 1. The Bertz CT molecular complexity index is 210. The Balaban J connectivity index is 2.75. The molecule has 0 fully saturated rings. The first kappa shape index (κ1) is 7.48. The molecule has 2 heteroatoms. The summed E-state index contributed by atoms with van der Waals surface area (Å²) in [6.07, 6.45) is 0. The first-order valence-electron chi connectivity index (χ1n) is 3.24. The maximum Gasteiger partial charge on any atom is 0.0581 e. The predicted octanol–water partition coefficient (Wildman–Crippen LogP) is 2.29. The summed E-state index contributed by atoms with van der Waals surface area (Å²) in [6.45, 7) is 2.07. The molecule has 0 aromatic heterocycles. The van der Waals surface area contributed by atoms with Gasteiger partial charge in [-0.15, -0.1) is 0 Å². The van der Waals surface area contributed by atoms with Crippen molar-refractivity contribution in [3.8, 4) is 0 Å². The van der Waals surface area contributed by atoms with Gasteiger partial charge in [0, 0.05) is 5.69 Å². The van der Waals surface area contributed by atoms with Crippen LogP contribution < -0.4 is 5.32 Å². The fraction of sp³-hybridized carbons (Fsp3) is 0.250. The van der Waals surface area contributed by atoms with Gasteiger partial charge in [-0.3, -0.25) is 0 Å². The summed E-state index contributed by atoms with van der Waals surface area (Å²) in [5.41, 5.74) is 2.40. The Hall–Kier alpha value is -0.630. The number of thiol groups is 1. The summed E-state index contributed by atoms with van der Waals surface area (Å²) in [7, 11) is 0. The minimum absolute atomic E-state index is 0.684. The van der Waals surface area contributed by atoms with Gasteiger partial charge in [-0.2, -0.15) is 12.6 Å². The van der Waals surface area contributed by atoms with Crippen LogP contribution >= 0.6 is 12.6 Å². The third-order valence-electron chi connectivity index (χ3n) is 1.30. The highest BCUT2D eigenvalue weighted by Crippen LogP contribution is 2.08. The Morgan fingerprint density at radius 1 is 1.50 bits per heavy atom. The van der Waals surface area contributed by atoms with E-state index in [4.69, 9.17) is 0 Å². The number of benzene rings is 1. The lowest BCUT2D eigenvalue weighted by Crippen LogP contribution is -1.93. The van der Waals surface area contributed by atoms with E-state index in [1.54, 1.807) is 0 Å². The molecule has 0 aliphatic heterocycles. The predicted molar refractivity (Wildman–Crippen MR) is 48.7 cm³/mol. The highest BCUT2D eigenvalue weighted by atomic mass is 32.1. The lowest BCUT2D eigenvalue weighted by Gasteiger charge is -2.01. The summed E-state index contributed by atoms with van der Waals surface area (Å²) in [5, 5.41) is 3.11. The number of anilines is 1. The molecule has 0 aliphatic rings. The molecule has 10 heavy (non-hydrogen) atoms. The van der Waals surface area contributed by atoms with Crippen molar-refractivity contribution < 1.29 is 0 Å². The second-order valence-corrected chi connectivity index (χ2v) is 2.52. The molecule has 0 heterocycles. The van der Waals surface area contributed by atoms with Gasteiger partial charge in [0.15, 0.2) is 0 Å². The zero-order chi connectivity index (χ0) is 7.40. The Morgan fingerprint density at radius 2 is 2.30 bits per heavy atom. The molecule has 0 aliphatic carbocycles. The van der Waals surface area contributed by atoms with E-state index in [1.807, 2.05) is 12.1 Å². The van der Waals surface area contributed by atoms with Crippen LogP contribution in [0.15, 0.2) is 24.3 Å². The van der Waals surface area contributed by atoms with Gasteiger partial charge in [-0.25, -0.2) is 0 Å². The van der Waals surface area contributed by atoms with Crippen molar-refractivity contribution in [1.29, 1.82) is 0 Å². The van der Waals surface area contributed by atoms with Gasteiger partial charge in [0.1, 0.15) is 0 Å². The Labute approximate surface area is 66.9 Å². The molecule has 54 valence electrons. The molecule has 1 N–H and O–H groups in total. The highest BCUT2D eigenvalue weighted by Gasteiger charge is 1.87. The first-order valence-corrected chi connectivity index (χ1v) is 3.87. The molecule has 0 unspecified atom stereocenters. The van der Waals surface area contributed by atoms with Gasteiger partial charge in [-0.1, -0.05) is 12.1 Å². The van der Waals surface area contributed by atoms with Gasteiger partial charge in [0.05, 0.1) is 5.88 Å². The van der Waals surface area contributed by atoms with E-state index in [2.05, 4.69) is 37.0 Å². The molecule has 1 nitrogen and oxygen atoms in total. The van der Waals surface area contributed by atoms with Crippen molar-refractivity contribution >= 4 is 18.3 Å². The molecule has 0 atom stereocenters. The van der Waals surface area contributed by atoms with Crippen molar-refractivity contribution in [2.24, 2.45) is 0 Å². The van der Waals surface area contributed by atoms with Crippen LogP contribution in [-0.2, 0) is 0 Å². The molecule has 0 amide bonds. The fourth-order valence-corrected chi connectivity index (χ4v) is 1.03. The number of hydrogen-bond acceptors (Lipinski definition) is 2. The van der Waals surface area contributed by atoms with E-state index in [-0.39, 0.29) is 0 Å². The molecule has 0 saturated heterocycles. The first-order chi connectivity index (χ1) is 4.83. The van der Waals surface area contributed by atoms with Gasteiger partial charge in [0.2, 0.25) is 0 Å². The molecule has 0 saturated carbocycles. The van der Waals surface area contributed by atoms with Crippen LogP contribution in [0.5, 0.6) is 0 Å².